The van der Waals surface area contributed by atoms with Crippen LogP contribution >= 0.6 is 0 Å². The summed E-state index contributed by atoms with van der Waals surface area (Å²) in [6.45, 7) is 9.29. The van der Waals surface area contributed by atoms with Crippen molar-refractivity contribution in [2.24, 2.45) is 0 Å². The van der Waals surface area contributed by atoms with Crippen molar-refractivity contribution in [3.8, 4) is 0 Å². The molecule has 1 radical (unpaired) electrons. The number of unbranched alkanes of at least 4 members (excludes halogenated alkanes) is 9. The molecule has 0 unspecified atom stereocenters. The summed E-state index contributed by atoms with van der Waals surface area (Å²) in [4.78, 5) is 2.63. The van der Waals surface area contributed by atoms with E-state index in [1.54, 1.807) is 0 Å². The average molecular weight is 345 g/mol. The second-order valence-electron chi connectivity index (χ2n) is 7.49. The minimum Gasteiger partial charge on any atom is -0.372 e. The third-order valence-electron chi connectivity index (χ3n) is 5.07. The van der Waals surface area contributed by atoms with Crippen molar-refractivity contribution < 1.29 is 0 Å². The Morgan fingerprint density at radius 1 is 0.720 bits per heavy atom. The highest BCUT2D eigenvalue weighted by Crippen LogP contribution is 2.20. The minimum atomic E-state index is 1.19. The van der Waals surface area contributed by atoms with Gasteiger partial charge in [-0.3, -0.25) is 0 Å². The van der Waals surface area contributed by atoms with Gasteiger partial charge < -0.3 is 4.90 Å². The van der Waals surface area contributed by atoms with Crippen molar-refractivity contribution in [3.05, 3.63) is 29.8 Å². The van der Waals surface area contributed by atoms with E-state index in [-0.39, 0.29) is 0 Å². The summed E-state index contributed by atoms with van der Waals surface area (Å²) in [5, 5.41) is 0. The molecule has 1 aromatic rings. The van der Waals surface area contributed by atoms with Gasteiger partial charge in [0.05, 0.1) is 0 Å². The molecule has 143 valence electrons. The number of rotatable bonds is 16. The van der Waals surface area contributed by atoms with E-state index in [1.165, 1.54) is 108 Å². The highest BCUT2D eigenvalue weighted by atomic mass is 15.1. The minimum absolute atomic E-state index is 1.19. The Hall–Kier alpha value is -0.980. The fourth-order valence-corrected chi connectivity index (χ4v) is 3.41. The second kappa shape index (κ2) is 15.3. The lowest BCUT2D eigenvalue weighted by Gasteiger charge is -2.25. The second-order valence-corrected chi connectivity index (χ2v) is 7.49. The molecule has 0 N–H and O–H groups in total. The molecular formula is C24H42N. The van der Waals surface area contributed by atoms with E-state index < -0.39 is 0 Å². The zero-order chi connectivity index (χ0) is 18.2. The number of hydrogen-bond acceptors (Lipinski definition) is 1. The first-order valence-corrected chi connectivity index (χ1v) is 11.1. The van der Waals surface area contributed by atoms with Crippen LogP contribution in [0.15, 0.2) is 18.2 Å². The van der Waals surface area contributed by atoms with Crippen molar-refractivity contribution in [3.63, 3.8) is 0 Å². The molecule has 0 atom stereocenters. The van der Waals surface area contributed by atoms with E-state index in [2.05, 4.69) is 49.9 Å². The summed E-state index contributed by atoms with van der Waals surface area (Å²) in [7, 11) is 0. The molecule has 0 bridgehead atoms. The molecule has 0 heterocycles. The summed E-state index contributed by atoms with van der Waals surface area (Å²) in [5.74, 6) is 0. The Morgan fingerprint density at radius 2 is 1.28 bits per heavy atom. The van der Waals surface area contributed by atoms with E-state index in [1.807, 2.05) is 0 Å². The molecule has 0 fully saturated rings. The van der Waals surface area contributed by atoms with Gasteiger partial charge in [0.1, 0.15) is 0 Å². The number of hydrogen-bond donors (Lipinski definition) is 0. The third-order valence-corrected chi connectivity index (χ3v) is 5.07. The number of anilines is 1. The van der Waals surface area contributed by atoms with Crippen LogP contribution in [0.2, 0.25) is 0 Å². The van der Waals surface area contributed by atoms with Gasteiger partial charge in [-0.2, -0.15) is 0 Å². The van der Waals surface area contributed by atoms with Crippen molar-refractivity contribution in [1.82, 2.24) is 0 Å². The average Bonchev–Trinajstić information content (AvgIpc) is 2.64. The van der Waals surface area contributed by atoms with Crippen molar-refractivity contribution >= 4 is 5.69 Å². The van der Waals surface area contributed by atoms with E-state index >= 15 is 0 Å². The van der Waals surface area contributed by atoms with E-state index in [0.29, 0.717) is 0 Å². The molecule has 1 nitrogen and oxygen atoms in total. The number of benzene rings is 1. The molecule has 0 saturated heterocycles. The van der Waals surface area contributed by atoms with Gasteiger partial charge in [-0.25, -0.2) is 0 Å². The highest BCUT2D eigenvalue weighted by molar-refractivity contribution is 5.48. The van der Waals surface area contributed by atoms with Crippen LogP contribution in [0.1, 0.15) is 103 Å². The summed E-state index contributed by atoms with van der Waals surface area (Å²) < 4.78 is 0. The molecule has 0 aliphatic heterocycles. The van der Waals surface area contributed by atoms with Gasteiger partial charge in [-0.1, -0.05) is 84.6 Å². The Labute approximate surface area is 158 Å². The van der Waals surface area contributed by atoms with Gasteiger partial charge in [0.15, 0.2) is 0 Å². The SMILES string of the molecule is CCCCCCc1[c]ccc(N(CCCCCC)CCCCCC)c1. The first kappa shape index (κ1) is 22.1. The molecule has 0 aliphatic carbocycles. The molecule has 1 heteroatoms. The predicted molar refractivity (Wildman–Crippen MR) is 114 cm³/mol. The van der Waals surface area contributed by atoms with Crippen LogP contribution in [-0.2, 0) is 6.42 Å². The van der Waals surface area contributed by atoms with Gasteiger partial charge in [0.25, 0.3) is 0 Å². The molecule has 0 aliphatic rings. The van der Waals surface area contributed by atoms with E-state index in [4.69, 9.17) is 0 Å². The molecule has 1 rings (SSSR count). The van der Waals surface area contributed by atoms with Crippen LogP contribution in [0.5, 0.6) is 0 Å². The lowest BCUT2D eigenvalue weighted by molar-refractivity contribution is 0.608. The summed E-state index contributed by atoms with van der Waals surface area (Å²) in [5.41, 5.74) is 2.83. The van der Waals surface area contributed by atoms with Gasteiger partial charge in [0, 0.05) is 18.8 Å². The monoisotopic (exact) mass is 344 g/mol. The third kappa shape index (κ3) is 10.6. The fourth-order valence-electron chi connectivity index (χ4n) is 3.41. The standard InChI is InChI=1S/C24H42N/c1-4-7-10-13-17-23-18-16-19-24(22-23)25(20-14-11-8-5-2)21-15-12-9-6-3/h16,19,22H,4-15,17,20-21H2,1-3H3. The summed E-state index contributed by atoms with van der Waals surface area (Å²) in [6.07, 6.45) is 17.3. The lowest BCUT2D eigenvalue weighted by atomic mass is 10.0. The van der Waals surface area contributed by atoms with Crippen molar-refractivity contribution in [2.75, 3.05) is 18.0 Å². The Morgan fingerprint density at radius 3 is 1.84 bits per heavy atom. The van der Waals surface area contributed by atoms with Gasteiger partial charge in [-0.15, -0.1) is 0 Å². The van der Waals surface area contributed by atoms with Crippen LogP contribution in [0.25, 0.3) is 0 Å². The maximum atomic E-state index is 3.47. The van der Waals surface area contributed by atoms with Crippen LogP contribution in [-0.4, -0.2) is 13.1 Å². The zero-order valence-electron chi connectivity index (χ0n) is 17.3. The molecule has 1 aromatic carbocycles. The quantitative estimate of drug-likeness (QED) is 0.279. The molecule has 0 aromatic heterocycles. The fraction of sp³-hybridized carbons (Fsp3) is 0.750. The van der Waals surface area contributed by atoms with Crippen LogP contribution in [0, 0.1) is 6.07 Å². The van der Waals surface area contributed by atoms with E-state index in [9.17, 15) is 0 Å². The van der Waals surface area contributed by atoms with Crippen LogP contribution < -0.4 is 4.90 Å². The number of aryl methyl sites for hydroxylation is 1. The van der Waals surface area contributed by atoms with Gasteiger partial charge in [0.2, 0.25) is 0 Å². The molecular weight excluding hydrogens is 302 g/mol. The normalized spacial score (nSPS) is 11.0. The Bertz CT molecular complexity index is 400. The Kier molecular flexibility index (Phi) is 13.5. The van der Waals surface area contributed by atoms with Crippen LogP contribution in [0.3, 0.4) is 0 Å². The van der Waals surface area contributed by atoms with E-state index in [0.717, 1.165) is 0 Å². The molecule has 0 saturated carbocycles. The van der Waals surface area contributed by atoms with Gasteiger partial charge in [-0.05, 0) is 49.4 Å². The topological polar surface area (TPSA) is 3.24 Å². The predicted octanol–water partition coefficient (Wildman–Crippen LogP) is 7.58. The highest BCUT2D eigenvalue weighted by Gasteiger charge is 2.07. The molecule has 0 spiro atoms. The first-order valence-electron chi connectivity index (χ1n) is 11.1. The Balaban J connectivity index is 2.57. The molecule has 0 amide bonds. The number of nitrogens with zero attached hydrogens (tertiary/aromatic N) is 1. The molecule has 25 heavy (non-hydrogen) atoms. The van der Waals surface area contributed by atoms with Crippen LogP contribution in [0.4, 0.5) is 5.69 Å². The summed E-state index contributed by atoms with van der Waals surface area (Å²) >= 11 is 0. The smallest absolute Gasteiger partial charge is 0.0369 e. The first-order chi connectivity index (χ1) is 12.3. The van der Waals surface area contributed by atoms with Crippen molar-refractivity contribution in [2.45, 2.75) is 104 Å². The van der Waals surface area contributed by atoms with Gasteiger partial charge >= 0.3 is 0 Å². The maximum Gasteiger partial charge on any atom is 0.0369 e. The maximum absolute atomic E-state index is 3.47. The lowest BCUT2D eigenvalue weighted by Crippen LogP contribution is -2.25. The summed E-state index contributed by atoms with van der Waals surface area (Å²) in [6, 6.07) is 10.3. The zero-order valence-corrected chi connectivity index (χ0v) is 17.3. The largest absolute Gasteiger partial charge is 0.372 e. The van der Waals surface area contributed by atoms with Crippen molar-refractivity contribution in [1.29, 1.82) is 0 Å².